The molecule has 6 nitrogen and oxygen atoms in total. The second-order valence-corrected chi connectivity index (χ2v) is 6.01. The minimum absolute atomic E-state index is 0.519. The summed E-state index contributed by atoms with van der Waals surface area (Å²) in [5.41, 5.74) is 2.34. The van der Waals surface area contributed by atoms with Crippen LogP contribution in [0.4, 0.5) is 0 Å². The van der Waals surface area contributed by atoms with Gasteiger partial charge in [0.1, 0.15) is 5.82 Å². The SMILES string of the molecule is COCCn1cc(CNC[C@H]2CCCn3cc(C)nc32)cn1. The van der Waals surface area contributed by atoms with Crippen LogP contribution >= 0.6 is 0 Å². The minimum Gasteiger partial charge on any atom is -0.383 e. The van der Waals surface area contributed by atoms with E-state index < -0.39 is 0 Å². The second kappa shape index (κ2) is 7.07. The minimum atomic E-state index is 0.519. The van der Waals surface area contributed by atoms with Gasteiger partial charge in [0, 0.05) is 50.6 Å². The lowest BCUT2D eigenvalue weighted by Gasteiger charge is -2.23. The molecule has 0 spiro atoms. The summed E-state index contributed by atoms with van der Waals surface area (Å²) in [6.07, 6.45) is 8.63. The van der Waals surface area contributed by atoms with E-state index in [4.69, 9.17) is 4.74 Å². The van der Waals surface area contributed by atoms with Gasteiger partial charge < -0.3 is 14.6 Å². The summed E-state index contributed by atoms with van der Waals surface area (Å²) in [6.45, 7) is 6.50. The molecular weight excluding hydrogens is 278 g/mol. The molecule has 3 heterocycles. The molecule has 22 heavy (non-hydrogen) atoms. The lowest BCUT2D eigenvalue weighted by molar-refractivity contribution is 0.183. The molecule has 0 saturated heterocycles. The summed E-state index contributed by atoms with van der Waals surface area (Å²) in [5.74, 6) is 1.76. The van der Waals surface area contributed by atoms with Crippen molar-refractivity contribution < 1.29 is 4.74 Å². The maximum Gasteiger partial charge on any atom is 0.113 e. The maximum absolute atomic E-state index is 5.07. The van der Waals surface area contributed by atoms with Gasteiger partial charge >= 0.3 is 0 Å². The Morgan fingerprint density at radius 3 is 3.18 bits per heavy atom. The number of hydrogen-bond acceptors (Lipinski definition) is 4. The van der Waals surface area contributed by atoms with E-state index in [-0.39, 0.29) is 0 Å². The van der Waals surface area contributed by atoms with Crippen molar-refractivity contribution in [1.82, 2.24) is 24.6 Å². The van der Waals surface area contributed by atoms with Crippen LogP contribution in [-0.4, -0.2) is 39.6 Å². The Labute approximate surface area is 131 Å². The van der Waals surface area contributed by atoms with Gasteiger partial charge in [0.05, 0.1) is 25.0 Å². The first-order valence-electron chi connectivity index (χ1n) is 8.01. The molecule has 0 amide bonds. The van der Waals surface area contributed by atoms with Gasteiger partial charge in [0.15, 0.2) is 0 Å². The number of aromatic nitrogens is 4. The first-order valence-corrected chi connectivity index (χ1v) is 8.01. The van der Waals surface area contributed by atoms with Crippen molar-refractivity contribution in [3.05, 3.63) is 35.7 Å². The predicted octanol–water partition coefficient (Wildman–Crippen LogP) is 1.70. The first kappa shape index (κ1) is 15.2. The number of methoxy groups -OCH3 is 1. The summed E-state index contributed by atoms with van der Waals surface area (Å²) in [5, 5.41) is 7.89. The Morgan fingerprint density at radius 1 is 1.41 bits per heavy atom. The summed E-state index contributed by atoms with van der Waals surface area (Å²) in [4.78, 5) is 4.69. The van der Waals surface area contributed by atoms with Gasteiger partial charge in [-0.05, 0) is 19.8 Å². The summed E-state index contributed by atoms with van der Waals surface area (Å²) in [7, 11) is 1.71. The zero-order valence-corrected chi connectivity index (χ0v) is 13.5. The number of rotatable bonds is 7. The quantitative estimate of drug-likeness (QED) is 0.846. The zero-order chi connectivity index (χ0) is 15.4. The molecule has 2 aromatic rings. The zero-order valence-electron chi connectivity index (χ0n) is 13.5. The Kier molecular flexibility index (Phi) is 4.90. The van der Waals surface area contributed by atoms with Crippen LogP contribution in [0.2, 0.25) is 0 Å². The Bertz CT molecular complexity index is 603. The van der Waals surface area contributed by atoms with Gasteiger partial charge in [-0.2, -0.15) is 5.10 Å². The van der Waals surface area contributed by atoms with E-state index in [2.05, 4.69) is 39.3 Å². The molecule has 1 aliphatic rings. The van der Waals surface area contributed by atoms with Crippen LogP contribution in [0.25, 0.3) is 0 Å². The molecule has 3 rings (SSSR count). The van der Waals surface area contributed by atoms with Gasteiger partial charge in [-0.1, -0.05) is 0 Å². The Balaban J connectivity index is 1.50. The number of imidazole rings is 1. The van der Waals surface area contributed by atoms with Gasteiger partial charge in [0.2, 0.25) is 0 Å². The highest BCUT2D eigenvalue weighted by Gasteiger charge is 2.21. The molecule has 2 aromatic heterocycles. The molecule has 120 valence electrons. The molecule has 0 unspecified atom stereocenters. The molecule has 0 bridgehead atoms. The van der Waals surface area contributed by atoms with Crippen LogP contribution in [0.15, 0.2) is 18.6 Å². The maximum atomic E-state index is 5.07. The van der Waals surface area contributed by atoms with E-state index in [1.165, 1.54) is 24.2 Å². The number of hydrogen-bond donors (Lipinski definition) is 1. The fourth-order valence-corrected chi connectivity index (χ4v) is 3.10. The third kappa shape index (κ3) is 3.56. The lowest BCUT2D eigenvalue weighted by atomic mass is 9.99. The largest absolute Gasteiger partial charge is 0.383 e. The van der Waals surface area contributed by atoms with E-state index in [0.717, 1.165) is 31.9 Å². The molecule has 1 N–H and O–H groups in total. The summed E-state index contributed by atoms with van der Waals surface area (Å²) >= 11 is 0. The van der Waals surface area contributed by atoms with Crippen LogP contribution in [0.1, 0.15) is 35.8 Å². The number of ether oxygens (including phenoxy) is 1. The fourth-order valence-electron chi connectivity index (χ4n) is 3.10. The van der Waals surface area contributed by atoms with Gasteiger partial charge in [-0.3, -0.25) is 4.68 Å². The van der Waals surface area contributed by atoms with Crippen molar-refractivity contribution >= 4 is 0 Å². The molecule has 0 radical (unpaired) electrons. The van der Waals surface area contributed by atoms with Crippen molar-refractivity contribution in [1.29, 1.82) is 0 Å². The van der Waals surface area contributed by atoms with Crippen molar-refractivity contribution in [3.63, 3.8) is 0 Å². The van der Waals surface area contributed by atoms with E-state index >= 15 is 0 Å². The van der Waals surface area contributed by atoms with E-state index in [1.807, 2.05) is 10.9 Å². The van der Waals surface area contributed by atoms with Gasteiger partial charge in [-0.25, -0.2) is 4.98 Å². The third-order valence-corrected chi connectivity index (χ3v) is 4.18. The smallest absolute Gasteiger partial charge is 0.113 e. The Hall–Kier alpha value is -1.66. The van der Waals surface area contributed by atoms with Crippen LogP contribution in [0.5, 0.6) is 0 Å². The molecule has 1 atom stereocenters. The van der Waals surface area contributed by atoms with Gasteiger partial charge in [0.25, 0.3) is 0 Å². The second-order valence-electron chi connectivity index (χ2n) is 6.01. The molecule has 0 aliphatic carbocycles. The summed E-state index contributed by atoms with van der Waals surface area (Å²) in [6, 6.07) is 0. The van der Waals surface area contributed by atoms with Crippen LogP contribution in [0, 0.1) is 6.92 Å². The van der Waals surface area contributed by atoms with Crippen LogP contribution < -0.4 is 5.32 Å². The van der Waals surface area contributed by atoms with Crippen LogP contribution in [-0.2, 0) is 24.4 Å². The number of nitrogens with one attached hydrogen (secondary N) is 1. The van der Waals surface area contributed by atoms with E-state index in [9.17, 15) is 0 Å². The van der Waals surface area contributed by atoms with E-state index in [1.54, 1.807) is 7.11 Å². The van der Waals surface area contributed by atoms with Crippen molar-refractivity contribution in [3.8, 4) is 0 Å². The predicted molar refractivity (Wildman–Crippen MR) is 84.7 cm³/mol. The highest BCUT2D eigenvalue weighted by Crippen LogP contribution is 2.26. The first-order chi connectivity index (χ1) is 10.8. The molecule has 1 aliphatic heterocycles. The third-order valence-electron chi connectivity index (χ3n) is 4.18. The molecule has 6 heteroatoms. The lowest BCUT2D eigenvalue weighted by Crippen LogP contribution is -2.26. The molecular formula is C16H25N5O. The van der Waals surface area contributed by atoms with Gasteiger partial charge in [-0.15, -0.1) is 0 Å². The number of nitrogens with zero attached hydrogens (tertiary/aromatic N) is 4. The van der Waals surface area contributed by atoms with Crippen molar-refractivity contribution in [2.75, 3.05) is 20.3 Å². The number of aryl methyl sites for hydroxylation is 2. The summed E-state index contributed by atoms with van der Waals surface area (Å²) < 4.78 is 9.31. The van der Waals surface area contributed by atoms with Crippen LogP contribution in [0.3, 0.4) is 0 Å². The van der Waals surface area contributed by atoms with Crippen molar-refractivity contribution in [2.45, 2.75) is 45.3 Å². The monoisotopic (exact) mass is 303 g/mol. The average molecular weight is 303 g/mol. The number of fused-ring (bicyclic) bond motifs is 1. The van der Waals surface area contributed by atoms with Crippen molar-refractivity contribution in [2.24, 2.45) is 0 Å². The normalized spacial score (nSPS) is 17.6. The average Bonchev–Trinajstić information content (AvgIpc) is 3.11. The highest BCUT2D eigenvalue weighted by molar-refractivity contribution is 5.10. The molecule has 0 fully saturated rings. The van der Waals surface area contributed by atoms with E-state index in [0.29, 0.717) is 12.5 Å². The molecule has 0 saturated carbocycles. The molecule has 0 aromatic carbocycles. The highest BCUT2D eigenvalue weighted by atomic mass is 16.5. The fraction of sp³-hybridized carbons (Fsp3) is 0.625. The standard InChI is InChI=1S/C16H25N5O/c1-13-11-20-5-3-4-15(16(20)19-13)10-17-8-14-9-18-21(12-14)6-7-22-2/h9,11-12,15,17H,3-8,10H2,1-2H3/t15-/m1/s1. The topological polar surface area (TPSA) is 56.9 Å². The Morgan fingerprint density at radius 2 is 2.32 bits per heavy atom.